The van der Waals surface area contributed by atoms with Gasteiger partial charge in [0.05, 0.1) is 0 Å². The number of hydrogen-bond acceptors (Lipinski definition) is 2. The molecule has 0 aromatic heterocycles. The van der Waals surface area contributed by atoms with E-state index in [9.17, 15) is 4.39 Å². The third-order valence-corrected chi connectivity index (χ3v) is 3.39. The summed E-state index contributed by atoms with van der Waals surface area (Å²) in [6, 6.07) is 0.609. The minimum atomic E-state index is -0.936. The fraction of sp³-hybridized carbons (Fsp3) is 1.00. The van der Waals surface area contributed by atoms with Gasteiger partial charge in [0.1, 0.15) is 5.67 Å². The van der Waals surface area contributed by atoms with Crippen molar-refractivity contribution in [3.05, 3.63) is 0 Å². The summed E-state index contributed by atoms with van der Waals surface area (Å²) >= 11 is 0. The van der Waals surface area contributed by atoms with Crippen molar-refractivity contribution < 1.29 is 4.39 Å². The van der Waals surface area contributed by atoms with E-state index >= 15 is 0 Å². The molecule has 2 saturated heterocycles. The van der Waals surface area contributed by atoms with Crippen LogP contribution < -0.4 is 5.32 Å². The molecule has 2 unspecified atom stereocenters. The fourth-order valence-electron chi connectivity index (χ4n) is 2.56. The second kappa shape index (κ2) is 4.15. The molecular weight excluding hydrogens is 179 g/mol. The Hall–Kier alpha value is -0.150. The second-order valence-electron chi connectivity index (χ2n) is 5.05. The molecule has 0 amide bonds. The molecule has 0 saturated carbocycles. The average molecular weight is 200 g/mol. The first-order valence-electron chi connectivity index (χ1n) is 5.80. The van der Waals surface area contributed by atoms with Crippen LogP contribution in [0.5, 0.6) is 0 Å². The van der Waals surface area contributed by atoms with Gasteiger partial charge in [-0.1, -0.05) is 6.42 Å². The van der Waals surface area contributed by atoms with Gasteiger partial charge in [-0.3, -0.25) is 4.90 Å². The lowest BCUT2D eigenvalue weighted by Gasteiger charge is -2.28. The summed E-state index contributed by atoms with van der Waals surface area (Å²) in [5.74, 6) is 0. The van der Waals surface area contributed by atoms with Crippen LogP contribution in [0.25, 0.3) is 0 Å². The van der Waals surface area contributed by atoms with Crippen LogP contribution in [0.2, 0.25) is 0 Å². The van der Waals surface area contributed by atoms with Crippen molar-refractivity contribution in [3.63, 3.8) is 0 Å². The molecule has 0 aliphatic carbocycles. The van der Waals surface area contributed by atoms with Crippen molar-refractivity contribution in [2.75, 3.05) is 26.2 Å². The zero-order valence-electron chi connectivity index (χ0n) is 9.06. The molecule has 1 N–H and O–H groups in total. The zero-order chi connectivity index (χ0) is 10.0. The summed E-state index contributed by atoms with van der Waals surface area (Å²) in [6.45, 7) is 5.47. The molecule has 0 aromatic rings. The van der Waals surface area contributed by atoms with Gasteiger partial charge in [-0.25, -0.2) is 4.39 Å². The van der Waals surface area contributed by atoms with Crippen molar-refractivity contribution in [3.8, 4) is 0 Å². The summed E-state index contributed by atoms with van der Waals surface area (Å²) < 4.78 is 13.6. The van der Waals surface area contributed by atoms with Gasteiger partial charge in [0.25, 0.3) is 0 Å². The molecule has 0 spiro atoms. The highest BCUT2D eigenvalue weighted by Crippen LogP contribution is 2.25. The van der Waals surface area contributed by atoms with Gasteiger partial charge in [-0.15, -0.1) is 0 Å². The highest BCUT2D eigenvalue weighted by molar-refractivity contribution is 4.88. The average Bonchev–Trinajstić information content (AvgIpc) is 2.47. The van der Waals surface area contributed by atoms with Crippen LogP contribution in [0.15, 0.2) is 0 Å². The first-order chi connectivity index (χ1) is 6.66. The number of nitrogens with one attached hydrogen (secondary N) is 1. The zero-order valence-corrected chi connectivity index (χ0v) is 9.06. The van der Waals surface area contributed by atoms with Crippen LogP contribution in [-0.4, -0.2) is 42.8 Å². The van der Waals surface area contributed by atoms with Crippen LogP contribution in [0.4, 0.5) is 4.39 Å². The Morgan fingerprint density at radius 2 is 2.36 bits per heavy atom. The van der Waals surface area contributed by atoms with Crippen LogP contribution in [-0.2, 0) is 0 Å². The quantitative estimate of drug-likeness (QED) is 0.728. The van der Waals surface area contributed by atoms with Gasteiger partial charge < -0.3 is 5.32 Å². The molecule has 82 valence electrons. The summed E-state index contributed by atoms with van der Waals surface area (Å²) in [4.78, 5) is 2.27. The van der Waals surface area contributed by atoms with E-state index in [1.807, 2.05) is 0 Å². The van der Waals surface area contributed by atoms with E-state index in [1.165, 1.54) is 19.3 Å². The normalized spacial score (nSPS) is 40.3. The predicted molar refractivity (Wildman–Crippen MR) is 56.2 cm³/mol. The van der Waals surface area contributed by atoms with Crippen molar-refractivity contribution in [2.45, 2.75) is 44.3 Å². The summed E-state index contributed by atoms with van der Waals surface area (Å²) in [5, 5.41) is 3.51. The lowest BCUT2D eigenvalue weighted by atomic mass is 10.0. The molecular formula is C11H21FN2. The van der Waals surface area contributed by atoms with Crippen molar-refractivity contribution in [1.29, 1.82) is 0 Å². The Kier molecular flexibility index (Phi) is 3.07. The maximum atomic E-state index is 13.6. The highest BCUT2D eigenvalue weighted by Gasteiger charge is 2.34. The van der Waals surface area contributed by atoms with Crippen LogP contribution in [0, 0.1) is 0 Å². The minimum absolute atomic E-state index is 0.609. The molecule has 2 aliphatic heterocycles. The lowest BCUT2D eigenvalue weighted by molar-refractivity contribution is 0.178. The molecule has 3 heteroatoms. The van der Waals surface area contributed by atoms with E-state index in [2.05, 4.69) is 10.2 Å². The van der Waals surface area contributed by atoms with Gasteiger partial charge in [0.2, 0.25) is 0 Å². The largest absolute Gasteiger partial charge is 0.313 e. The smallest absolute Gasteiger partial charge is 0.122 e. The summed E-state index contributed by atoms with van der Waals surface area (Å²) in [7, 11) is 0. The highest BCUT2D eigenvalue weighted by atomic mass is 19.1. The predicted octanol–water partition coefficient (Wildman–Crippen LogP) is 1.56. The maximum Gasteiger partial charge on any atom is 0.122 e. The molecule has 14 heavy (non-hydrogen) atoms. The van der Waals surface area contributed by atoms with E-state index in [0.29, 0.717) is 19.0 Å². The van der Waals surface area contributed by atoms with Gasteiger partial charge in [0.15, 0.2) is 0 Å². The molecule has 2 rings (SSSR count). The Morgan fingerprint density at radius 1 is 1.50 bits per heavy atom. The molecule has 2 fully saturated rings. The third kappa shape index (κ3) is 2.67. The summed E-state index contributed by atoms with van der Waals surface area (Å²) in [6.07, 6.45) is 4.61. The number of halogens is 1. The Morgan fingerprint density at radius 3 is 2.93 bits per heavy atom. The first-order valence-corrected chi connectivity index (χ1v) is 5.80. The van der Waals surface area contributed by atoms with Crippen LogP contribution >= 0.6 is 0 Å². The standard InChI is InChI=1S/C11H21FN2/c1-11(12)5-7-14(9-11)8-10-4-2-3-6-13-10/h10,13H,2-9H2,1H3. The number of hydrogen-bond donors (Lipinski definition) is 1. The SMILES string of the molecule is CC1(F)CCN(CC2CCCCN2)C1. The van der Waals surface area contributed by atoms with Crippen LogP contribution in [0.1, 0.15) is 32.6 Å². The lowest BCUT2D eigenvalue weighted by Crippen LogP contribution is -2.43. The number of nitrogens with zero attached hydrogens (tertiary/aromatic N) is 1. The minimum Gasteiger partial charge on any atom is -0.313 e. The number of alkyl halides is 1. The molecule has 2 heterocycles. The van der Waals surface area contributed by atoms with E-state index < -0.39 is 5.67 Å². The molecule has 0 radical (unpaired) electrons. The Balaban J connectivity index is 1.75. The van der Waals surface area contributed by atoms with E-state index in [1.54, 1.807) is 6.92 Å². The summed E-state index contributed by atoms with van der Waals surface area (Å²) in [5.41, 5.74) is -0.936. The topological polar surface area (TPSA) is 15.3 Å². The fourth-order valence-corrected chi connectivity index (χ4v) is 2.56. The maximum absolute atomic E-state index is 13.6. The van der Waals surface area contributed by atoms with Crippen molar-refractivity contribution in [2.24, 2.45) is 0 Å². The Labute approximate surface area is 85.9 Å². The van der Waals surface area contributed by atoms with Crippen molar-refractivity contribution in [1.82, 2.24) is 10.2 Å². The van der Waals surface area contributed by atoms with E-state index in [0.717, 1.165) is 19.6 Å². The third-order valence-electron chi connectivity index (χ3n) is 3.39. The molecule has 0 bridgehead atoms. The number of rotatable bonds is 2. The molecule has 2 aliphatic rings. The van der Waals surface area contributed by atoms with Crippen LogP contribution in [0.3, 0.4) is 0 Å². The molecule has 0 aromatic carbocycles. The number of likely N-dealkylation sites (tertiary alicyclic amines) is 1. The monoisotopic (exact) mass is 200 g/mol. The van der Waals surface area contributed by atoms with Gasteiger partial charge in [-0.05, 0) is 32.7 Å². The van der Waals surface area contributed by atoms with Gasteiger partial charge in [0, 0.05) is 25.7 Å². The molecule has 2 nitrogen and oxygen atoms in total. The molecule has 2 atom stereocenters. The van der Waals surface area contributed by atoms with Gasteiger partial charge in [-0.2, -0.15) is 0 Å². The second-order valence-corrected chi connectivity index (χ2v) is 5.05. The van der Waals surface area contributed by atoms with Gasteiger partial charge >= 0.3 is 0 Å². The Bertz CT molecular complexity index is 188. The van der Waals surface area contributed by atoms with E-state index in [4.69, 9.17) is 0 Å². The van der Waals surface area contributed by atoms with E-state index in [-0.39, 0.29) is 0 Å². The number of piperidine rings is 1. The van der Waals surface area contributed by atoms with Crippen molar-refractivity contribution >= 4 is 0 Å². The first kappa shape index (κ1) is 10.4.